The highest BCUT2D eigenvalue weighted by Crippen LogP contribution is 2.37. The molecule has 0 saturated heterocycles. The molecule has 0 saturated carbocycles. The number of halogens is 3. The molecule has 0 fully saturated rings. The molecule has 3 aromatic rings. The molecule has 1 aromatic heterocycles. The smallest absolute Gasteiger partial charge is 0.417 e. The van der Waals surface area contributed by atoms with Crippen LogP contribution in [-0.2, 0) is 6.18 Å². The van der Waals surface area contributed by atoms with Crippen molar-refractivity contribution in [3.8, 4) is 22.5 Å². The second-order valence-corrected chi connectivity index (χ2v) is 4.94. The Balaban J connectivity index is 1.99. The van der Waals surface area contributed by atoms with Gasteiger partial charge < -0.3 is 4.42 Å². The third-order valence-corrected chi connectivity index (χ3v) is 3.46. The van der Waals surface area contributed by atoms with Gasteiger partial charge in [0.25, 0.3) is 0 Å². The molecular weight excluding hydrogens is 305 g/mol. The molecule has 0 radical (unpaired) electrons. The lowest BCUT2D eigenvalue weighted by atomic mass is 9.98. The number of alkyl halides is 3. The Kier molecular flexibility index (Phi) is 3.78. The van der Waals surface area contributed by atoms with E-state index in [1.807, 2.05) is 0 Å². The van der Waals surface area contributed by atoms with Crippen LogP contribution in [0.4, 0.5) is 13.2 Å². The molecule has 0 bridgehead atoms. The zero-order valence-corrected chi connectivity index (χ0v) is 11.8. The third kappa shape index (κ3) is 3.04. The normalized spacial score (nSPS) is 11.4. The number of hydrogen-bond donors (Lipinski definition) is 0. The van der Waals surface area contributed by atoms with E-state index in [0.717, 1.165) is 6.07 Å². The van der Waals surface area contributed by atoms with Crippen molar-refractivity contribution in [3.05, 3.63) is 72.0 Å². The average Bonchev–Trinajstić information content (AvgIpc) is 3.03. The fourth-order valence-corrected chi connectivity index (χ4v) is 2.37. The molecule has 0 amide bonds. The molecular formula is C18H11F3O2. The second kappa shape index (κ2) is 5.76. The summed E-state index contributed by atoms with van der Waals surface area (Å²) in [6.07, 6.45) is -3.81. The van der Waals surface area contributed by atoms with E-state index in [1.54, 1.807) is 36.4 Å². The number of carbonyl (C=O) groups excluding carboxylic acids is 1. The fraction of sp³-hybridized carbons (Fsp3) is 0.0556. The summed E-state index contributed by atoms with van der Waals surface area (Å²) in [4.78, 5) is 10.6. The maximum Gasteiger partial charge on any atom is 0.417 e. The predicted molar refractivity (Wildman–Crippen MR) is 80.0 cm³/mol. The highest BCUT2D eigenvalue weighted by molar-refractivity contribution is 5.74. The molecule has 2 aromatic carbocycles. The summed E-state index contributed by atoms with van der Waals surface area (Å²) in [5.41, 5.74) is 0.601. The average molecular weight is 316 g/mol. The number of aldehydes is 1. The summed E-state index contributed by atoms with van der Waals surface area (Å²) < 4.78 is 44.5. The lowest BCUT2D eigenvalue weighted by Crippen LogP contribution is -2.06. The molecule has 2 nitrogen and oxygen atoms in total. The van der Waals surface area contributed by atoms with Gasteiger partial charge in [-0.05, 0) is 29.3 Å². The highest BCUT2D eigenvalue weighted by atomic mass is 19.4. The van der Waals surface area contributed by atoms with Crippen LogP contribution >= 0.6 is 0 Å². The van der Waals surface area contributed by atoms with E-state index in [9.17, 15) is 18.0 Å². The van der Waals surface area contributed by atoms with E-state index < -0.39 is 11.7 Å². The van der Waals surface area contributed by atoms with E-state index in [4.69, 9.17) is 4.42 Å². The van der Waals surface area contributed by atoms with Crippen molar-refractivity contribution < 1.29 is 22.4 Å². The molecule has 0 N–H and O–H groups in total. The van der Waals surface area contributed by atoms with Crippen molar-refractivity contribution in [1.82, 2.24) is 0 Å². The summed E-state index contributed by atoms with van der Waals surface area (Å²) >= 11 is 0. The van der Waals surface area contributed by atoms with E-state index in [2.05, 4.69) is 0 Å². The van der Waals surface area contributed by atoms with Crippen LogP contribution in [0, 0.1) is 0 Å². The molecule has 0 spiro atoms. The first-order chi connectivity index (χ1) is 11.0. The first kappa shape index (κ1) is 15.1. The SMILES string of the molecule is O=Cc1ccc(-c2ccc(-c3ccccc3C(F)(F)F)cc2)o1. The number of benzene rings is 2. The molecule has 0 unspecified atom stereocenters. The van der Waals surface area contributed by atoms with Crippen LogP contribution in [0.1, 0.15) is 16.1 Å². The van der Waals surface area contributed by atoms with Crippen molar-refractivity contribution in [1.29, 1.82) is 0 Å². The number of carbonyl (C=O) groups is 1. The Bertz CT molecular complexity index is 830. The van der Waals surface area contributed by atoms with Gasteiger partial charge in [0.2, 0.25) is 0 Å². The van der Waals surface area contributed by atoms with Crippen LogP contribution in [0.5, 0.6) is 0 Å². The first-order valence-corrected chi connectivity index (χ1v) is 6.81. The van der Waals surface area contributed by atoms with E-state index in [1.165, 1.54) is 18.2 Å². The second-order valence-electron chi connectivity index (χ2n) is 4.94. The maximum absolute atomic E-state index is 13.1. The van der Waals surface area contributed by atoms with Gasteiger partial charge in [-0.2, -0.15) is 13.2 Å². The van der Waals surface area contributed by atoms with Crippen LogP contribution in [-0.4, -0.2) is 6.29 Å². The van der Waals surface area contributed by atoms with Gasteiger partial charge >= 0.3 is 6.18 Å². The minimum Gasteiger partial charge on any atom is -0.453 e. The number of rotatable bonds is 3. The minimum absolute atomic E-state index is 0.125. The maximum atomic E-state index is 13.1. The molecule has 5 heteroatoms. The van der Waals surface area contributed by atoms with Gasteiger partial charge in [0, 0.05) is 5.56 Å². The fourth-order valence-electron chi connectivity index (χ4n) is 2.37. The Hall–Kier alpha value is -2.82. The lowest BCUT2D eigenvalue weighted by molar-refractivity contribution is -0.137. The first-order valence-electron chi connectivity index (χ1n) is 6.81. The monoisotopic (exact) mass is 316 g/mol. The van der Waals surface area contributed by atoms with Gasteiger partial charge in [0.05, 0.1) is 5.56 Å². The van der Waals surface area contributed by atoms with Crippen molar-refractivity contribution in [2.75, 3.05) is 0 Å². The molecule has 0 aliphatic rings. The summed E-state index contributed by atoms with van der Waals surface area (Å²) in [5, 5.41) is 0. The quantitative estimate of drug-likeness (QED) is 0.602. The molecule has 0 aliphatic heterocycles. The van der Waals surface area contributed by atoms with Gasteiger partial charge in [0.15, 0.2) is 12.0 Å². The van der Waals surface area contributed by atoms with E-state index >= 15 is 0 Å². The van der Waals surface area contributed by atoms with Gasteiger partial charge in [-0.3, -0.25) is 4.79 Å². The summed E-state index contributed by atoms with van der Waals surface area (Å²) in [5.74, 6) is 0.689. The van der Waals surface area contributed by atoms with E-state index in [0.29, 0.717) is 23.2 Å². The zero-order valence-electron chi connectivity index (χ0n) is 11.8. The Labute approximate surface area is 130 Å². The Morgan fingerprint density at radius 1 is 0.826 bits per heavy atom. The summed E-state index contributed by atoms with van der Waals surface area (Å²) in [6, 6.07) is 15.1. The van der Waals surface area contributed by atoms with Gasteiger partial charge in [-0.25, -0.2) is 0 Å². The largest absolute Gasteiger partial charge is 0.453 e. The van der Waals surface area contributed by atoms with Crippen molar-refractivity contribution in [3.63, 3.8) is 0 Å². The lowest BCUT2D eigenvalue weighted by Gasteiger charge is -2.13. The number of furan rings is 1. The van der Waals surface area contributed by atoms with Crippen LogP contribution in [0.2, 0.25) is 0 Å². The summed E-state index contributed by atoms with van der Waals surface area (Å²) in [6.45, 7) is 0. The predicted octanol–water partition coefficient (Wildman–Crippen LogP) is 5.44. The standard InChI is InChI=1S/C18H11F3O2/c19-18(20,21)16-4-2-1-3-15(16)12-5-7-13(8-6-12)17-10-9-14(11-22)23-17/h1-11H. The van der Waals surface area contributed by atoms with Crippen molar-refractivity contribution in [2.24, 2.45) is 0 Å². The molecule has 0 atom stereocenters. The topological polar surface area (TPSA) is 30.2 Å². The third-order valence-electron chi connectivity index (χ3n) is 3.46. The van der Waals surface area contributed by atoms with Crippen LogP contribution in [0.15, 0.2) is 65.1 Å². The number of hydrogen-bond acceptors (Lipinski definition) is 2. The molecule has 1 heterocycles. The Morgan fingerprint density at radius 2 is 1.48 bits per heavy atom. The van der Waals surface area contributed by atoms with Crippen molar-refractivity contribution >= 4 is 6.29 Å². The van der Waals surface area contributed by atoms with Crippen LogP contribution < -0.4 is 0 Å². The van der Waals surface area contributed by atoms with Gasteiger partial charge in [0.1, 0.15) is 5.76 Å². The molecule has 3 rings (SSSR count). The molecule has 23 heavy (non-hydrogen) atoms. The van der Waals surface area contributed by atoms with Gasteiger partial charge in [-0.15, -0.1) is 0 Å². The molecule has 116 valence electrons. The minimum atomic E-state index is -4.41. The van der Waals surface area contributed by atoms with Crippen molar-refractivity contribution in [2.45, 2.75) is 6.18 Å². The van der Waals surface area contributed by atoms with Crippen LogP contribution in [0.3, 0.4) is 0 Å². The highest BCUT2D eigenvalue weighted by Gasteiger charge is 2.33. The molecule has 0 aliphatic carbocycles. The van der Waals surface area contributed by atoms with E-state index in [-0.39, 0.29) is 11.3 Å². The van der Waals surface area contributed by atoms with Crippen LogP contribution in [0.25, 0.3) is 22.5 Å². The Morgan fingerprint density at radius 3 is 2.09 bits per heavy atom. The van der Waals surface area contributed by atoms with Gasteiger partial charge in [-0.1, -0.05) is 42.5 Å². The zero-order chi connectivity index (χ0) is 16.4. The summed E-state index contributed by atoms with van der Waals surface area (Å²) in [7, 11) is 0.